The minimum atomic E-state index is -0.614. The highest BCUT2D eigenvalue weighted by molar-refractivity contribution is 9.10. The fourth-order valence-electron chi connectivity index (χ4n) is 1.67. The summed E-state index contributed by atoms with van der Waals surface area (Å²) in [7, 11) is 0. The standard InChI is InChI=1S/C15H21BrN2O2/c1-10-5-6-12(11(2)9-10)18-13(19)7-8-17-14(20)15(3,4)16/h5-6,9H,7-8H2,1-4H3,(H,17,20)(H,18,19). The number of nitrogens with one attached hydrogen (secondary N) is 2. The summed E-state index contributed by atoms with van der Waals surface area (Å²) in [6.07, 6.45) is 0.252. The van der Waals surface area contributed by atoms with Crippen LogP contribution in [-0.2, 0) is 9.59 Å². The fraction of sp³-hybridized carbons (Fsp3) is 0.467. The van der Waals surface area contributed by atoms with Crippen molar-refractivity contribution in [1.82, 2.24) is 5.32 Å². The molecule has 0 aliphatic rings. The summed E-state index contributed by atoms with van der Waals surface area (Å²) in [5.74, 6) is -0.235. The van der Waals surface area contributed by atoms with E-state index >= 15 is 0 Å². The van der Waals surface area contributed by atoms with Crippen molar-refractivity contribution in [2.45, 2.75) is 38.4 Å². The molecule has 1 rings (SSSR count). The zero-order valence-electron chi connectivity index (χ0n) is 12.3. The van der Waals surface area contributed by atoms with Gasteiger partial charge in [-0.15, -0.1) is 0 Å². The molecule has 4 nitrogen and oxygen atoms in total. The third kappa shape index (κ3) is 5.33. The maximum atomic E-state index is 11.8. The van der Waals surface area contributed by atoms with E-state index in [-0.39, 0.29) is 18.2 Å². The first kappa shape index (κ1) is 16.7. The summed E-state index contributed by atoms with van der Waals surface area (Å²) in [6, 6.07) is 5.87. The van der Waals surface area contributed by atoms with Crippen LogP contribution in [-0.4, -0.2) is 22.7 Å². The van der Waals surface area contributed by atoms with Gasteiger partial charge in [-0.25, -0.2) is 0 Å². The molecule has 0 aliphatic carbocycles. The third-order valence-electron chi connectivity index (χ3n) is 2.83. The number of hydrogen-bond donors (Lipinski definition) is 2. The Morgan fingerprint density at radius 3 is 2.45 bits per heavy atom. The molecule has 5 heteroatoms. The first-order chi connectivity index (χ1) is 9.20. The molecule has 0 radical (unpaired) electrons. The van der Waals surface area contributed by atoms with Gasteiger partial charge in [0.1, 0.15) is 0 Å². The average molecular weight is 341 g/mol. The van der Waals surface area contributed by atoms with Crippen molar-refractivity contribution in [2.75, 3.05) is 11.9 Å². The lowest BCUT2D eigenvalue weighted by atomic mass is 10.1. The molecule has 1 aromatic carbocycles. The molecule has 0 saturated carbocycles. The van der Waals surface area contributed by atoms with Crippen LogP contribution in [0.25, 0.3) is 0 Å². The van der Waals surface area contributed by atoms with Crippen LogP contribution >= 0.6 is 15.9 Å². The quantitative estimate of drug-likeness (QED) is 0.809. The number of carbonyl (C=O) groups excluding carboxylic acids is 2. The zero-order valence-corrected chi connectivity index (χ0v) is 13.9. The Hall–Kier alpha value is -1.36. The van der Waals surface area contributed by atoms with E-state index in [4.69, 9.17) is 0 Å². The van der Waals surface area contributed by atoms with Crippen LogP contribution in [0.3, 0.4) is 0 Å². The minimum Gasteiger partial charge on any atom is -0.354 e. The van der Waals surface area contributed by atoms with E-state index in [9.17, 15) is 9.59 Å². The number of alkyl halides is 1. The Kier molecular flexibility index (Phi) is 5.74. The number of carbonyl (C=O) groups is 2. The second-order valence-corrected chi connectivity index (χ2v) is 7.33. The molecule has 20 heavy (non-hydrogen) atoms. The van der Waals surface area contributed by atoms with E-state index in [0.29, 0.717) is 6.54 Å². The smallest absolute Gasteiger partial charge is 0.236 e. The van der Waals surface area contributed by atoms with Gasteiger partial charge in [0.15, 0.2) is 0 Å². The van der Waals surface area contributed by atoms with Crippen molar-refractivity contribution in [3.63, 3.8) is 0 Å². The summed E-state index contributed by atoms with van der Waals surface area (Å²) in [5, 5.41) is 5.56. The normalized spacial score (nSPS) is 11.1. The van der Waals surface area contributed by atoms with Gasteiger partial charge >= 0.3 is 0 Å². The van der Waals surface area contributed by atoms with Crippen LogP contribution in [0.4, 0.5) is 5.69 Å². The lowest BCUT2D eigenvalue weighted by Gasteiger charge is -2.15. The fourth-order valence-corrected chi connectivity index (χ4v) is 1.81. The number of hydrogen-bond acceptors (Lipinski definition) is 2. The molecule has 0 aromatic heterocycles. The number of halogens is 1. The number of aryl methyl sites for hydroxylation is 2. The van der Waals surface area contributed by atoms with Crippen molar-refractivity contribution in [1.29, 1.82) is 0 Å². The number of benzene rings is 1. The average Bonchev–Trinajstić information content (AvgIpc) is 2.31. The molecule has 2 amide bonds. The van der Waals surface area contributed by atoms with Gasteiger partial charge in [-0.2, -0.15) is 0 Å². The van der Waals surface area contributed by atoms with Crippen molar-refractivity contribution in [2.24, 2.45) is 0 Å². The summed E-state index contributed by atoms with van der Waals surface area (Å²) >= 11 is 3.27. The molecular weight excluding hydrogens is 320 g/mol. The van der Waals surface area contributed by atoms with E-state index in [0.717, 1.165) is 16.8 Å². The summed E-state index contributed by atoms with van der Waals surface area (Å²) in [5.41, 5.74) is 3.00. The molecule has 0 bridgehead atoms. The van der Waals surface area contributed by atoms with Crippen LogP contribution < -0.4 is 10.6 Å². The molecule has 0 aliphatic heterocycles. The van der Waals surface area contributed by atoms with E-state index in [1.165, 1.54) is 0 Å². The Bertz CT molecular complexity index is 507. The first-order valence-electron chi connectivity index (χ1n) is 6.54. The van der Waals surface area contributed by atoms with E-state index in [2.05, 4.69) is 26.6 Å². The molecule has 0 spiro atoms. The van der Waals surface area contributed by atoms with Crippen LogP contribution in [0.15, 0.2) is 18.2 Å². The van der Waals surface area contributed by atoms with Crippen molar-refractivity contribution in [3.8, 4) is 0 Å². The van der Waals surface area contributed by atoms with Gasteiger partial charge in [0.2, 0.25) is 11.8 Å². The molecule has 2 N–H and O–H groups in total. The van der Waals surface area contributed by atoms with Crippen molar-refractivity contribution >= 4 is 33.4 Å². The van der Waals surface area contributed by atoms with Gasteiger partial charge in [-0.1, -0.05) is 33.6 Å². The van der Waals surface area contributed by atoms with Crippen LogP contribution in [0.5, 0.6) is 0 Å². The summed E-state index contributed by atoms with van der Waals surface area (Å²) in [6.45, 7) is 7.81. The number of amides is 2. The summed E-state index contributed by atoms with van der Waals surface area (Å²) in [4.78, 5) is 23.4. The van der Waals surface area contributed by atoms with Crippen molar-refractivity contribution in [3.05, 3.63) is 29.3 Å². The zero-order chi connectivity index (χ0) is 15.3. The Morgan fingerprint density at radius 1 is 1.25 bits per heavy atom. The second kappa shape index (κ2) is 6.88. The van der Waals surface area contributed by atoms with Gasteiger partial charge in [0.05, 0.1) is 4.32 Å². The maximum absolute atomic E-state index is 11.8. The topological polar surface area (TPSA) is 58.2 Å². The molecule has 0 atom stereocenters. The number of rotatable bonds is 5. The summed E-state index contributed by atoms with van der Waals surface area (Å²) < 4.78 is -0.614. The molecule has 0 saturated heterocycles. The lowest BCUT2D eigenvalue weighted by Crippen LogP contribution is -2.38. The minimum absolute atomic E-state index is 0.107. The number of anilines is 1. The van der Waals surface area contributed by atoms with Gasteiger partial charge < -0.3 is 10.6 Å². The Morgan fingerprint density at radius 2 is 1.90 bits per heavy atom. The molecule has 0 fully saturated rings. The van der Waals surface area contributed by atoms with E-state index in [1.54, 1.807) is 13.8 Å². The molecule has 0 unspecified atom stereocenters. The SMILES string of the molecule is Cc1ccc(NC(=O)CCNC(=O)C(C)(C)Br)c(C)c1. The van der Waals surface area contributed by atoms with Crippen LogP contribution in [0, 0.1) is 13.8 Å². The lowest BCUT2D eigenvalue weighted by molar-refractivity contribution is -0.122. The van der Waals surface area contributed by atoms with E-state index < -0.39 is 4.32 Å². The van der Waals surface area contributed by atoms with Crippen molar-refractivity contribution < 1.29 is 9.59 Å². The van der Waals surface area contributed by atoms with Gasteiger partial charge in [-0.05, 0) is 39.3 Å². The molecule has 0 heterocycles. The first-order valence-corrected chi connectivity index (χ1v) is 7.34. The Labute approximate surface area is 128 Å². The highest BCUT2D eigenvalue weighted by atomic mass is 79.9. The van der Waals surface area contributed by atoms with E-state index in [1.807, 2.05) is 32.0 Å². The monoisotopic (exact) mass is 340 g/mol. The highest BCUT2D eigenvalue weighted by Gasteiger charge is 2.22. The van der Waals surface area contributed by atoms with Gasteiger partial charge in [0.25, 0.3) is 0 Å². The molecular formula is C15H21BrN2O2. The predicted molar refractivity (Wildman–Crippen MR) is 85.2 cm³/mol. The maximum Gasteiger partial charge on any atom is 0.236 e. The largest absolute Gasteiger partial charge is 0.354 e. The third-order valence-corrected chi connectivity index (χ3v) is 3.19. The second-order valence-electron chi connectivity index (χ2n) is 5.34. The van der Waals surface area contributed by atoms with Gasteiger partial charge in [-0.3, -0.25) is 9.59 Å². The predicted octanol–water partition coefficient (Wildman–Crippen LogP) is 2.92. The van der Waals surface area contributed by atoms with Crippen LogP contribution in [0.2, 0.25) is 0 Å². The van der Waals surface area contributed by atoms with Crippen LogP contribution in [0.1, 0.15) is 31.4 Å². The molecule has 110 valence electrons. The molecule has 1 aromatic rings. The highest BCUT2D eigenvalue weighted by Crippen LogP contribution is 2.16. The Balaban J connectivity index is 2.43. The van der Waals surface area contributed by atoms with Gasteiger partial charge in [0, 0.05) is 18.7 Å².